The molecule has 2 N–H and O–H groups in total. The topological polar surface area (TPSA) is 79.7 Å². The third kappa shape index (κ3) is 2.98. The van der Waals surface area contributed by atoms with Gasteiger partial charge in [0.25, 0.3) is 0 Å². The van der Waals surface area contributed by atoms with Gasteiger partial charge in [0.1, 0.15) is 10.7 Å². The molecule has 1 heterocycles. The highest BCUT2D eigenvalue weighted by Gasteiger charge is 2.26. The average molecular weight is 276 g/mol. The van der Waals surface area contributed by atoms with E-state index in [2.05, 4.69) is 25.7 Å². The maximum atomic E-state index is 10.9. The standard InChI is InChI=1S/C9H10BrNO4/c1-15-9(14)8(13)7(12)5-2-3-6(10)11-4-5/h2-4,7-8,12-13H,1H3. The smallest absolute Gasteiger partial charge is 0.337 e. The lowest BCUT2D eigenvalue weighted by Gasteiger charge is -2.15. The number of nitrogens with zero attached hydrogens (tertiary/aromatic N) is 1. The predicted octanol–water partition coefficient (Wildman–Crippen LogP) is 0.411. The minimum atomic E-state index is -1.60. The van der Waals surface area contributed by atoms with E-state index in [-0.39, 0.29) is 0 Å². The molecular weight excluding hydrogens is 266 g/mol. The molecule has 0 fully saturated rings. The van der Waals surface area contributed by atoms with Crippen LogP contribution in [0, 0.1) is 0 Å². The van der Waals surface area contributed by atoms with Gasteiger partial charge in [0.15, 0.2) is 6.10 Å². The van der Waals surface area contributed by atoms with Gasteiger partial charge in [0, 0.05) is 11.8 Å². The molecule has 0 saturated carbocycles. The van der Waals surface area contributed by atoms with Crippen molar-refractivity contribution in [3.63, 3.8) is 0 Å². The van der Waals surface area contributed by atoms with Crippen molar-refractivity contribution in [2.75, 3.05) is 7.11 Å². The molecule has 2 atom stereocenters. The number of rotatable bonds is 3. The van der Waals surface area contributed by atoms with Crippen LogP contribution < -0.4 is 0 Å². The molecule has 0 saturated heterocycles. The van der Waals surface area contributed by atoms with Crippen molar-refractivity contribution in [1.29, 1.82) is 0 Å². The SMILES string of the molecule is COC(=O)C(O)C(O)c1ccc(Br)nc1. The maximum Gasteiger partial charge on any atom is 0.337 e. The van der Waals surface area contributed by atoms with Gasteiger partial charge in [-0.2, -0.15) is 0 Å². The van der Waals surface area contributed by atoms with Gasteiger partial charge in [-0.05, 0) is 22.0 Å². The van der Waals surface area contributed by atoms with Crippen LogP contribution in [-0.4, -0.2) is 34.4 Å². The number of hydrogen-bond acceptors (Lipinski definition) is 5. The zero-order valence-electron chi connectivity index (χ0n) is 7.92. The van der Waals surface area contributed by atoms with Gasteiger partial charge in [-0.25, -0.2) is 9.78 Å². The van der Waals surface area contributed by atoms with E-state index >= 15 is 0 Å². The summed E-state index contributed by atoms with van der Waals surface area (Å²) in [5.41, 5.74) is 0.344. The molecule has 6 heteroatoms. The first-order valence-corrected chi connectivity index (χ1v) is 4.91. The number of carbonyl (C=O) groups excluding carboxylic acids is 1. The van der Waals surface area contributed by atoms with Crippen LogP contribution in [0.15, 0.2) is 22.9 Å². The monoisotopic (exact) mass is 275 g/mol. The summed E-state index contributed by atoms with van der Waals surface area (Å²) in [6.45, 7) is 0. The summed E-state index contributed by atoms with van der Waals surface area (Å²) in [5.74, 6) is -0.884. The highest BCUT2D eigenvalue weighted by Crippen LogP contribution is 2.18. The van der Waals surface area contributed by atoms with E-state index in [4.69, 9.17) is 0 Å². The first-order valence-electron chi connectivity index (χ1n) is 4.11. The second-order valence-corrected chi connectivity index (χ2v) is 3.64. The Bertz CT molecular complexity index is 340. The second-order valence-electron chi connectivity index (χ2n) is 2.83. The molecule has 1 aromatic rings. The summed E-state index contributed by atoms with van der Waals surface area (Å²) in [6, 6.07) is 3.15. The third-order valence-electron chi connectivity index (χ3n) is 1.83. The van der Waals surface area contributed by atoms with Crippen LogP contribution in [0.3, 0.4) is 0 Å². The van der Waals surface area contributed by atoms with Gasteiger partial charge < -0.3 is 14.9 Å². The van der Waals surface area contributed by atoms with Crippen molar-refractivity contribution in [3.05, 3.63) is 28.5 Å². The molecule has 2 unspecified atom stereocenters. The molecule has 82 valence electrons. The van der Waals surface area contributed by atoms with Crippen LogP contribution in [0.25, 0.3) is 0 Å². The molecule has 0 radical (unpaired) electrons. The van der Waals surface area contributed by atoms with Crippen LogP contribution in [0.1, 0.15) is 11.7 Å². The number of ether oxygens (including phenoxy) is 1. The Morgan fingerprint density at radius 1 is 1.53 bits per heavy atom. The first-order chi connectivity index (χ1) is 7.06. The number of carbonyl (C=O) groups is 1. The van der Waals surface area contributed by atoms with Gasteiger partial charge in [-0.1, -0.05) is 6.07 Å². The van der Waals surface area contributed by atoms with E-state index in [9.17, 15) is 15.0 Å². The van der Waals surface area contributed by atoms with Crippen LogP contribution in [0.5, 0.6) is 0 Å². The molecule has 0 aliphatic carbocycles. The molecule has 0 aromatic carbocycles. The molecule has 0 spiro atoms. The number of methoxy groups -OCH3 is 1. The molecular formula is C9H10BrNO4. The fourth-order valence-electron chi connectivity index (χ4n) is 0.994. The average Bonchev–Trinajstić information content (AvgIpc) is 2.27. The lowest BCUT2D eigenvalue weighted by Crippen LogP contribution is -2.29. The van der Waals surface area contributed by atoms with Gasteiger partial charge in [0.05, 0.1) is 7.11 Å². The Morgan fingerprint density at radius 2 is 2.20 bits per heavy atom. The summed E-state index contributed by atoms with van der Waals surface area (Å²) < 4.78 is 4.90. The summed E-state index contributed by atoms with van der Waals surface area (Å²) in [5, 5.41) is 18.9. The van der Waals surface area contributed by atoms with Crippen LogP contribution >= 0.6 is 15.9 Å². The Labute approximate surface area is 94.8 Å². The molecule has 0 aliphatic heterocycles. The summed E-state index contributed by atoms with van der Waals surface area (Å²) in [7, 11) is 1.14. The Balaban J connectivity index is 2.80. The molecule has 0 aliphatic rings. The number of aliphatic hydroxyl groups is 2. The van der Waals surface area contributed by atoms with Crippen LogP contribution in [-0.2, 0) is 9.53 Å². The number of aromatic nitrogens is 1. The molecule has 5 nitrogen and oxygen atoms in total. The molecule has 1 rings (SSSR count). The van der Waals surface area contributed by atoms with Crippen LogP contribution in [0.4, 0.5) is 0 Å². The van der Waals surface area contributed by atoms with E-state index in [0.717, 1.165) is 7.11 Å². The minimum Gasteiger partial charge on any atom is -0.467 e. The number of esters is 1. The third-order valence-corrected chi connectivity index (χ3v) is 2.30. The fraction of sp³-hybridized carbons (Fsp3) is 0.333. The van der Waals surface area contributed by atoms with E-state index in [0.29, 0.717) is 10.2 Å². The van der Waals surface area contributed by atoms with E-state index in [1.165, 1.54) is 6.20 Å². The van der Waals surface area contributed by atoms with Crippen molar-refractivity contribution in [2.45, 2.75) is 12.2 Å². The zero-order valence-corrected chi connectivity index (χ0v) is 9.51. The van der Waals surface area contributed by atoms with E-state index < -0.39 is 18.2 Å². The zero-order chi connectivity index (χ0) is 11.4. The number of aliphatic hydroxyl groups excluding tert-OH is 2. The lowest BCUT2D eigenvalue weighted by molar-refractivity contribution is -0.156. The largest absolute Gasteiger partial charge is 0.467 e. The number of hydrogen-bond donors (Lipinski definition) is 2. The van der Waals surface area contributed by atoms with Gasteiger partial charge in [-0.3, -0.25) is 0 Å². The molecule has 15 heavy (non-hydrogen) atoms. The second kappa shape index (κ2) is 5.20. The summed E-state index contributed by atoms with van der Waals surface area (Å²) in [6.07, 6.45) is -1.57. The summed E-state index contributed by atoms with van der Waals surface area (Å²) in [4.78, 5) is 14.8. The highest BCUT2D eigenvalue weighted by molar-refractivity contribution is 9.10. The quantitative estimate of drug-likeness (QED) is 0.617. The summed E-state index contributed by atoms with van der Waals surface area (Å²) >= 11 is 3.13. The van der Waals surface area contributed by atoms with Crippen LogP contribution in [0.2, 0.25) is 0 Å². The number of pyridine rings is 1. The Morgan fingerprint density at radius 3 is 2.67 bits per heavy atom. The number of halogens is 1. The fourth-order valence-corrected chi connectivity index (χ4v) is 1.23. The van der Waals surface area contributed by atoms with Crippen molar-refractivity contribution in [1.82, 2.24) is 4.98 Å². The van der Waals surface area contributed by atoms with Crippen molar-refractivity contribution in [3.8, 4) is 0 Å². The first kappa shape index (κ1) is 12.1. The van der Waals surface area contributed by atoms with Crippen molar-refractivity contribution < 1.29 is 19.7 Å². The minimum absolute atomic E-state index is 0.344. The van der Waals surface area contributed by atoms with E-state index in [1.54, 1.807) is 12.1 Å². The van der Waals surface area contributed by atoms with Gasteiger partial charge in [-0.15, -0.1) is 0 Å². The van der Waals surface area contributed by atoms with Gasteiger partial charge in [0.2, 0.25) is 0 Å². The lowest BCUT2D eigenvalue weighted by atomic mass is 10.1. The highest BCUT2D eigenvalue weighted by atomic mass is 79.9. The molecule has 1 aromatic heterocycles. The van der Waals surface area contributed by atoms with Crippen molar-refractivity contribution >= 4 is 21.9 Å². The van der Waals surface area contributed by atoms with E-state index in [1.807, 2.05) is 0 Å². The Hall–Kier alpha value is -0.980. The predicted molar refractivity (Wildman–Crippen MR) is 54.9 cm³/mol. The van der Waals surface area contributed by atoms with Gasteiger partial charge >= 0.3 is 5.97 Å². The molecule has 0 amide bonds. The Kier molecular flexibility index (Phi) is 4.19. The normalized spacial score (nSPS) is 14.4. The molecule has 0 bridgehead atoms. The van der Waals surface area contributed by atoms with Crippen molar-refractivity contribution in [2.24, 2.45) is 0 Å². The maximum absolute atomic E-state index is 10.9.